The molecule has 2 N–H and O–H groups in total. The van der Waals surface area contributed by atoms with Gasteiger partial charge in [-0.2, -0.15) is 0 Å². The SMILES string of the molecule is CCCC[Si](C)(C)OC1CN(C(=O)CCOc2ccc(CNC(=O)c3ccc(CNC(=O)OC(C)(C)C)cc3)cc2)CC1=O. The first-order valence-electron chi connectivity index (χ1n) is 15.3. The number of ether oxygens (including phenoxy) is 2. The van der Waals surface area contributed by atoms with Crippen LogP contribution in [0.15, 0.2) is 48.5 Å². The molecule has 44 heavy (non-hydrogen) atoms. The molecule has 0 aromatic heterocycles. The molecule has 0 aliphatic carbocycles. The van der Waals surface area contributed by atoms with Crippen molar-refractivity contribution >= 4 is 32.0 Å². The summed E-state index contributed by atoms with van der Waals surface area (Å²) in [6.07, 6.45) is 1.34. The summed E-state index contributed by atoms with van der Waals surface area (Å²) in [6.45, 7) is 13.0. The van der Waals surface area contributed by atoms with E-state index in [-0.39, 0.29) is 37.2 Å². The van der Waals surface area contributed by atoms with Crippen LogP contribution in [0.25, 0.3) is 0 Å². The topological polar surface area (TPSA) is 123 Å². The summed E-state index contributed by atoms with van der Waals surface area (Å²) in [6, 6.07) is 15.3. The van der Waals surface area contributed by atoms with Crippen molar-refractivity contribution in [2.45, 2.75) is 90.9 Å². The standard InChI is InChI=1S/C33H47N3O7Si/c1-7-8-19-44(5,6)43-29-23-36(22-28(29)37)30(38)17-18-41-27-15-11-25(12-16-27)20-34-31(39)26-13-9-24(10-14-26)21-35-32(40)42-33(2,3)4/h9-16,29H,7-8,17-23H2,1-6H3,(H,34,39)(H,35,40). The molecule has 2 aromatic carbocycles. The molecule has 0 spiro atoms. The van der Waals surface area contributed by atoms with Crippen LogP contribution in [0.3, 0.4) is 0 Å². The average molecular weight is 626 g/mol. The number of benzene rings is 2. The first-order valence-corrected chi connectivity index (χ1v) is 18.4. The summed E-state index contributed by atoms with van der Waals surface area (Å²) in [5.74, 6) is 0.258. The molecule has 3 rings (SSSR count). The Hall–Kier alpha value is -3.70. The van der Waals surface area contributed by atoms with E-state index in [1.54, 1.807) is 62.1 Å². The number of ketones is 1. The van der Waals surface area contributed by atoms with Crippen LogP contribution in [0, 0.1) is 0 Å². The molecule has 1 atom stereocenters. The van der Waals surface area contributed by atoms with E-state index >= 15 is 0 Å². The smallest absolute Gasteiger partial charge is 0.407 e. The lowest BCUT2D eigenvalue weighted by Crippen LogP contribution is -2.39. The normalized spacial score (nSPS) is 15.2. The Bertz CT molecular complexity index is 1270. The average Bonchev–Trinajstić information content (AvgIpc) is 3.33. The number of carbonyl (C=O) groups excluding carboxylic acids is 4. The fraction of sp³-hybridized carbons (Fsp3) is 0.515. The Kier molecular flexibility index (Phi) is 12.5. The zero-order valence-corrected chi connectivity index (χ0v) is 27.9. The summed E-state index contributed by atoms with van der Waals surface area (Å²) in [5, 5.41) is 5.59. The quantitative estimate of drug-likeness (QED) is 0.276. The lowest BCUT2D eigenvalue weighted by Gasteiger charge is -2.26. The van der Waals surface area contributed by atoms with E-state index in [0.29, 0.717) is 30.9 Å². The van der Waals surface area contributed by atoms with Gasteiger partial charge < -0.3 is 29.4 Å². The summed E-state index contributed by atoms with van der Waals surface area (Å²) >= 11 is 0. The number of likely N-dealkylation sites (tertiary alicyclic amines) is 1. The molecule has 0 radical (unpaired) electrons. The molecule has 1 heterocycles. The Morgan fingerprint density at radius 2 is 1.57 bits per heavy atom. The van der Waals surface area contributed by atoms with Gasteiger partial charge in [-0.15, -0.1) is 0 Å². The maximum Gasteiger partial charge on any atom is 0.407 e. The molecular formula is C33H47N3O7Si. The Morgan fingerprint density at radius 1 is 0.955 bits per heavy atom. The van der Waals surface area contributed by atoms with E-state index in [4.69, 9.17) is 13.9 Å². The Morgan fingerprint density at radius 3 is 2.18 bits per heavy atom. The molecule has 240 valence electrons. The maximum atomic E-state index is 12.7. The van der Waals surface area contributed by atoms with Crippen molar-refractivity contribution in [3.63, 3.8) is 0 Å². The second-order valence-electron chi connectivity index (χ2n) is 12.7. The van der Waals surface area contributed by atoms with Crippen molar-refractivity contribution in [3.05, 3.63) is 65.2 Å². The predicted octanol–water partition coefficient (Wildman–Crippen LogP) is 5.21. The van der Waals surface area contributed by atoms with Crippen LogP contribution in [-0.2, 0) is 31.8 Å². The molecule has 1 unspecified atom stereocenters. The van der Waals surface area contributed by atoms with Crippen molar-refractivity contribution < 1.29 is 33.1 Å². The van der Waals surface area contributed by atoms with E-state index in [2.05, 4.69) is 30.7 Å². The first-order chi connectivity index (χ1) is 20.7. The van der Waals surface area contributed by atoms with Gasteiger partial charge in [-0.05, 0) is 75.3 Å². The van der Waals surface area contributed by atoms with E-state index in [1.807, 2.05) is 12.1 Å². The molecule has 0 saturated carbocycles. The molecule has 10 nitrogen and oxygen atoms in total. The van der Waals surface area contributed by atoms with Gasteiger partial charge in [0.1, 0.15) is 17.5 Å². The number of rotatable bonds is 14. The minimum absolute atomic E-state index is 0.0244. The molecular weight excluding hydrogens is 578 g/mol. The maximum absolute atomic E-state index is 12.7. The van der Waals surface area contributed by atoms with Crippen molar-refractivity contribution in [2.24, 2.45) is 0 Å². The Labute approximate surface area is 261 Å². The van der Waals surface area contributed by atoms with Crippen LogP contribution in [-0.4, -0.2) is 68.3 Å². The number of hydrogen-bond donors (Lipinski definition) is 2. The molecule has 11 heteroatoms. The lowest BCUT2D eigenvalue weighted by molar-refractivity contribution is -0.132. The fourth-order valence-electron chi connectivity index (χ4n) is 4.66. The number of nitrogens with one attached hydrogen (secondary N) is 2. The summed E-state index contributed by atoms with van der Waals surface area (Å²) in [7, 11) is -1.94. The summed E-state index contributed by atoms with van der Waals surface area (Å²) in [5.41, 5.74) is 1.69. The van der Waals surface area contributed by atoms with E-state index in [9.17, 15) is 19.2 Å². The molecule has 1 aliphatic heterocycles. The van der Waals surface area contributed by atoms with Gasteiger partial charge in [0.15, 0.2) is 14.1 Å². The Balaban J connectivity index is 1.36. The summed E-state index contributed by atoms with van der Waals surface area (Å²) < 4.78 is 17.2. The highest BCUT2D eigenvalue weighted by Gasteiger charge is 2.38. The third kappa shape index (κ3) is 11.8. The minimum atomic E-state index is -1.94. The zero-order valence-electron chi connectivity index (χ0n) is 26.9. The van der Waals surface area contributed by atoms with Crippen molar-refractivity contribution in [1.29, 1.82) is 0 Å². The lowest BCUT2D eigenvalue weighted by atomic mass is 10.1. The number of amides is 3. The van der Waals surface area contributed by atoms with E-state index in [1.165, 1.54) is 0 Å². The van der Waals surface area contributed by atoms with Crippen LogP contribution < -0.4 is 15.4 Å². The number of Topliss-reactive ketones (excluding diaryl/α,β-unsaturated/α-hetero) is 1. The van der Waals surface area contributed by atoms with Crippen LogP contribution in [0.4, 0.5) is 4.79 Å². The third-order valence-corrected chi connectivity index (χ3v) is 9.53. The predicted molar refractivity (Wildman–Crippen MR) is 171 cm³/mol. The second-order valence-corrected chi connectivity index (χ2v) is 16.9. The van der Waals surface area contributed by atoms with E-state index in [0.717, 1.165) is 30.0 Å². The van der Waals surface area contributed by atoms with E-state index < -0.39 is 26.1 Å². The van der Waals surface area contributed by atoms with Crippen molar-refractivity contribution in [2.75, 3.05) is 19.7 Å². The molecule has 1 fully saturated rings. The van der Waals surface area contributed by atoms with Gasteiger partial charge in [0.05, 0.1) is 26.1 Å². The third-order valence-electron chi connectivity index (χ3n) is 7.05. The fourth-order valence-corrected chi connectivity index (χ4v) is 6.96. The molecule has 1 aliphatic rings. The van der Waals surface area contributed by atoms with Crippen LogP contribution in [0.1, 0.15) is 68.4 Å². The van der Waals surface area contributed by atoms with Gasteiger partial charge in [-0.1, -0.05) is 44.0 Å². The first kappa shape index (κ1) is 34.8. The van der Waals surface area contributed by atoms with Gasteiger partial charge in [-0.25, -0.2) is 4.79 Å². The van der Waals surface area contributed by atoms with Gasteiger partial charge in [0, 0.05) is 18.7 Å². The minimum Gasteiger partial charge on any atom is -0.493 e. The molecule has 3 amide bonds. The number of carbonyl (C=O) groups is 4. The number of hydrogen-bond acceptors (Lipinski definition) is 7. The summed E-state index contributed by atoms with van der Waals surface area (Å²) in [4.78, 5) is 51.1. The van der Waals surface area contributed by atoms with Crippen LogP contribution >= 0.6 is 0 Å². The van der Waals surface area contributed by atoms with Crippen LogP contribution in [0.5, 0.6) is 5.75 Å². The number of alkyl carbamates (subject to hydrolysis) is 1. The van der Waals surface area contributed by atoms with Gasteiger partial charge in [0.2, 0.25) is 5.91 Å². The molecule has 1 saturated heterocycles. The highest BCUT2D eigenvalue weighted by atomic mass is 28.4. The number of nitrogens with zero attached hydrogens (tertiary/aromatic N) is 1. The second kappa shape index (κ2) is 15.9. The molecule has 2 aromatic rings. The van der Waals surface area contributed by atoms with Crippen molar-refractivity contribution in [3.8, 4) is 5.75 Å². The van der Waals surface area contributed by atoms with Crippen LogP contribution in [0.2, 0.25) is 19.1 Å². The van der Waals surface area contributed by atoms with Gasteiger partial charge >= 0.3 is 6.09 Å². The van der Waals surface area contributed by atoms with Gasteiger partial charge in [-0.3, -0.25) is 14.4 Å². The highest BCUT2D eigenvalue weighted by molar-refractivity contribution is 6.71. The van der Waals surface area contributed by atoms with Crippen molar-refractivity contribution in [1.82, 2.24) is 15.5 Å². The number of unbranched alkanes of at least 4 members (excludes halogenated alkanes) is 1. The largest absolute Gasteiger partial charge is 0.493 e. The van der Waals surface area contributed by atoms with Gasteiger partial charge in [0.25, 0.3) is 5.91 Å². The highest BCUT2D eigenvalue weighted by Crippen LogP contribution is 2.21. The molecule has 0 bridgehead atoms. The monoisotopic (exact) mass is 625 g/mol. The zero-order chi connectivity index (χ0) is 32.3.